The van der Waals surface area contributed by atoms with Crippen LogP contribution in [0.15, 0.2) is 12.1 Å². The van der Waals surface area contributed by atoms with Gasteiger partial charge < -0.3 is 10.6 Å². The summed E-state index contributed by atoms with van der Waals surface area (Å²) >= 11 is 6.40. The third-order valence-electron chi connectivity index (χ3n) is 4.17. The Hall–Kier alpha value is -1.06. The molecular formula is C17H25ClN2O. The summed E-state index contributed by atoms with van der Waals surface area (Å²) in [6.07, 6.45) is 7.92. The highest BCUT2D eigenvalue weighted by Crippen LogP contribution is 2.34. The van der Waals surface area contributed by atoms with Crippen molar-refractivity contribution in [2.75, 3.05) is 12.4 Å². The molecule has 0 saturated heterocycles. The number of hydrogen-bond donors (Lipinski definition) is 2. The van der Waals surface area contributed by atoms with E-state index >= 15 is 0 Å². The first-order valence-corrected chi connectivity index (χ1v) is 8.33. The SMILES string of the molecule is CCCCCCCC(NC)c1cc2c(cc1Cl)NC(=O)C2. The average Bonchev–Trinajstić information content (AvgIpc) is 2.81. The van der Waals surface area contributed by atoms with Crippen LogP contribution in [0.25, 0.3) is 0 Å². The summed E-state index contributed by atoms with van der Waals surface area (Å²) in [6, 6.07) is 4.24. The van der Waals surface area contributed by atoms with Crippen LogP contribution in [0.3, 0.4) is 0 Å². The van der Waals surface area contributed by atoms with Crippen molar-refractivity contribution in [2.24, 2.45) is 0 Å². The van der Waals surface area contributed by atoms with Gasteiger partial charge in [0.2, 0.25) is 5.91 Å². The highest BCUT2D eigenvalue weighted by molar-refractivity contribution is 6.32. The Morgan fingerprint density at radius 2 is 2.05 bits per heavy atom. The fraction of sp³-hybridized carbons (Fsp3) is 0.588. The number of benzene rings is 1. The molecule has 1 atom stereocenters. The third kappa shape index (κ3) is 4.21. The predicted octanol–water partition coefficient (Wildman–Crippen LogP) is 4.46. The summed E-state index contributed by atoms with van der Waals surface area (Å²) in [5.74, 6) is 0.0544. The van der Waals surface area contributed by atoms with Gasteiger partial charge in [-0.1, -0.05) is 56.7 Å². The Kier molecular flexibility index (Phi) is 6.07. The first-order chi connectivity index (χ1) is 10.2. The first-order valence-electron chi connectivity index (χ1n) is 7.95. The third-order valence-corrected chi connectivity index (χ3v) is 4.50. The van der Waals surface area contributed by atoms with Crippen LogP contribution in [0.4, 0.5) is 5.69 Å². The minimum absolute atomic E-state index is 0.0544. The maximum Gasteiger partial charge on any atom is 0.228 e. The van der Waals surface area contributed by atoms with Crippen LogP contribution >= 0.6 is 11.6 Å². The van der Waals surface area contributed by atoms with Gasteiger partial charge >= 0.3 is 0 Å². The van der Waals surface area contributed by atoms with Crippen LogP contribution in [0.1, 0.15) is 62.6 Å². The summed E-state index contributed by atoms with van der Waals surface area (Å²) in [4.78, 5) is 11.5. The highest BCUT2D eigenvalue weighted by Gasteiger charge is 2.22. The quantitative estimate of drug-likeness (QED) is 0.696. The van der Waals surface area contributed by atoms with Crippen LogP contribution in [0, 0.1) is 0 Å². The van der Waals surface area contributed by atoms with Crippen LogP contribution in [-0.4, -0.2) is 13.0 Å². The largest absolute Gasteiger partial charge is 0.325 e. The van der Waals surface area contributed by atoms with Gasteiger partial charge in [0.05, 0.1) is 6.42 Å². The van der Waals surface area contributed by atoms with Gasteiger partial charge in [0, 0.05) is 16.8 Å². The zero-order chi connectivity index (χ0) is 15.2. The molecular weight excluding hydrogens is 284 g/mol. The Morgan fingerprint density at radius 1 is 1.29 bits per heavy atom. The monoisotopic (exact) mass is 308 g/mol. The zero-order valence-corrected chi connectivity index (χ0v) is 13.7. The molecule has 1 amide bonds. The minimum atomic E-state index is 0.0544. The van der Waals surface area contributed by atoms with Crippen molar-refractivity contribution in [1.29, 1.82) is 0 Å². The van der Waals surface area contributed by atoms with Crippen molar-refractivity contribution in [2.45, 2.75) is 57.9 Å². The smallest absolute Gasteiger partial charge is 0.228 e. The molecule has 1 unspecified atom stereocenters. The lowest BCUT2D eigenvalue weighted by Gasteiger charge is -2.19. The molecule has 0 bridgehead atoms. The second-order valence-electron chi connectivity index (χ2n) is 5.80. The van der Waals surface area contributed by atoms with Crippen LogP contribution in [0.2, 0.25) is 5.02 Å². The van der Waals surface area contributed by atoms with E-state index in [2.05, 4.69) is 23.6 Å². The molecule has 21 heavy (non-hydrogen) atoms. The highest BCUT2D eigenvalue weighted by atomic mass is 35.5. The summed E-state index contributed by atoms with van der Waals surface area (Å²) in [5, 5.41) is 6.95. The molecule has 1 aromatic rings. The van der Waals surface area contributed by atoms with Crippen molar-refractivity contribution in [3.63, 3.8) is 0 Å². The molecule has 116 valence electrons. The lowest BCUT2D eigenvalue weighted by atomic mass is 9.97. The van der Waals surface area contributed by atoms with Gasteiger partial charge in [0.25, 0.3) is 0 Å². The standard InChI is InChI=1S/C17H25ClN2O/c1-3-4-5-6-7-8-15(19-2)13-9-12-10-17(21)20-16(12)11-14(13)18/h9,11,15,19H,3-8,10H2,1-2H3,(H,20,21). The minimum Gasteiger partial charge on any atom is -0.325 e. The summed E-state index contributed by atoms with van der Waals surface area (Å²) in [7, 11) is 1.98. The maximum atomic E-state index is 11.5. The van der Waals surface area contributed by atoms with Crippen molar-refractivity contribution in [3.05, 3.63) is 28.3 Å². The zero-order valence-electron chi connectivity index (χ0n) is 13.0. The number of unbranched alkanes of at least 4 members (excludes halogenated alkanes) is 4. The molecule has 3 nitrogen and oxygen atoms in total. The molecule has 1 heterocycles. The molecule has 0 spiro atoms. The van der Waals surface area contributed by atoms with E-state index in [0.29, 0.717) is 6.42 Å². The summed E-state index contributed by atoms with van der Waals surface area (Å²) < 4.78 is 0. The van der Waals surface area contributed by atoms with Crippen molar-refractivity contribution < 1.29 is 4.79 Å². The van der Waals surface area contributed by atoms with E-state index in [0.717, 1.165) is 28.3 Å². The predicted molar refractivity (Wildman–Crippen MR) is 89.0 cm³/mol. The first kappa shape index (κ1) is 16.3. The van der Waals surface area contributed by atoms with E-state index in [4.69, 9.17) is 11.6 Å². The van der Waals surface area contributed by atoms with Crippen molar-refractivity contribution >= 4 is 23.2 Å². The number of nitrogens with one attached hydrogen (secondary N) is 2. The Labute approximate surface area is 132 Å². The lowest BCUT2D eigenvalue weighted by molar-refractivity contribution is -0.115. The van der Waals surface area contributed by atoms with E-state index in [1.54, 1.807) is 0 Å². The second-order valence-corrected chi connectivity index (χ2v) is 6.21. The van der Waals surface area contributed by atoms with E-state index in [1.807, 2.05) is 13.1 Å². The van der Waals surface area contributed by atoms with Crippen LogP contribution in [0.5, 0.6) is 0 Å². The Bertz CT molecular complexity index is 502. The van der Waals surface area contributed by atoms with E-state index in [-0.39, 0.29) is 11.9 Å². The number of halogens is 1. The van der Waals surface area contributed by atoms with Gasteiger partial charge in [-0.3, -0.25) is 4.79 Å². The van der Waals surface area contributed by atoms with E-state index in [1.165, 1.54) is 32.1 Å². The van der Waals surface area contributed by atoms with Crippen molar-refractivity contribution in [3.8, 4) is 0 Å². The Morgan fingerprint density at radius 3 is 2.76 bits per heavy atom. The molecule has 0 fully saturated rings. The summed E-state index contributed by atoms with van der Waals surface area (Å²) in [6.45, 7) is 2.23. The van der Waals surface area contributed by atoms with Crippen LogP contribution < -0.4 is 10.6 Å². The van der Waals surface area contributed by atoms with Gasteiger partial charge in [0.15, 0.2) is 0 Å². The fourth-order valence-corrected chi connectivity index (χ4v) is 3.24. The number of hydrogen-bond acceptors (Lipinski definition) is 2. The number of anilines is 1. The second kappa shape index (κ2) is 7.81. The fourth-order valence-electron chi connectivity index (χ4n) is 2.94. The Balaban J connectivity index is 2.01. The van der Waals surface area contributed by atoms with Gasteiger partial charge in [-0.25, -0.2) is 0 Å². The molecule has 0 saturated carbocycles. The molecule has 2 N–H and O–H groups in total. The maximum absolute atomic E-state index is 11.5. The molecule has 1 aliphatic heterocycles. The molecule has 0 aromatic heterocycles. The molecule has 1 aliphatic rings. The molecule has 0 radical (unpaired) electrons. The topological polar surface area (TPSA) is 41.1 Å². The molecule has 1 aromatic carbocycles. The number of rotatable bonds is 8. The number of carbonyl (C=O) groups excluding carboxylic acids is 1. The van der Waals surface area contributed by atoms with E-state index in [9.17, 15) is 4.79 Å². The number of carbonyl (C=O) groups is 1. The van der Waals surface area contributed by atoms with E-state index < -0.39 is 0 Å². The van der Waals surface area contributed by atoms with Gasteiger partial charge in [-0.2, -0.15) is 0 Å². The molecule has 4 heteroatoms. The van der Waals surface area contributed by atoms with Crippen molar-refractivity contribution in [1.82, 2.24) is 5.32 Å². The lowest BCUT2D eigenvalue weighted by Crippen LogP contribution is -2.17. The van der Waals surface area contributed by atoms with Gasteiger partial charge in [-0.05, 0) is 30.7 Å². The number of amides is 1. The number of fused-ring (bicyclic) bond motifs is 1. The normalized spacial score (nSPS) is 14.9. The molecule has 0 aliphatic carbocycles. The van der Waals surface area contributed by atoms with Gasteiger partial charge in [-0.15, -0.1) is 0 Å². The summed E-state index contributed by atoms with van der Waals surface area (Å²) in [5.41, 5.74) is 3.04. The van der Waals surface area contributed by atoms with Crippen LogP contribution in [-0.2, 0) is 11.2 Å². The molecule has 2 rings (SSSR count). The van der Waals surface area contributed by atoms with Gasteiger partial charge in [0.1, 0.15) is 0 Å². The average molecular weight is 309 g/mol.